The minimum atomic E-state index is -1.02. The van der Waals surface area contributed by atoms with Crippen LogP contribution in [0.3, 0.4) is 0 Å². The minimum absolute atomic E-state index is 0.0445. The second-order valence-corrected chi connectivity index (χ2v) is 7.15. The van der Waals surface area contributed by atoms with E-state index >= 15 is 0 Å². The number of carbonyl (C=O) groups is 2. The van der Waals surface area contributed by atoms with Gasteiger partial charge in [-0.15, -0.1) is 11.3 Å². The topological polar surface area (TPSA) is 79.3 Å². The molecule has 0 radical (unpaired) electrons. The Bertz CT molecular complexity index is 730. The van der Waals surface area contributed by atoms with Crippen LogP contribution < -0.4 is 5.32 Å². The lowest BCUT2D eigenvalue weighted by molar-refractivity contribution is -0.142. The normalized spacial score (nSPS) is 12.2. The van der Waals surface area contributed by atoms with E-state index in [2.05, 4.69) is 10.3 Å². The molecule has 0 saturated carbocycles. The Morgan fingerprint density at radius 3 is 2.67 bits per heavy atom. The number of halogens is 1. The number of thiazole rings is 1. The number of hydrogen-bond donors (Lipinski definition) is 2. The number of benzene rings is 1. The van der Waals surface area contributed by atoms with Crippen LogP contribution in [0.5, 0.6) is 0 Å². The van der Waals surface area contributed by atoms with Crippen molar-refractivity contribution in [2.75, 3.05) is 0 Å². The van der Waals surface area contributed by atoms with E-state index in [1.165, 1.54) is 11.3 Å². The van der Waals surface area contributed by atoms with Crippen LogP contribution >= 0.6 is 22.9 Å². The predicted molar refractivity (Wildman–Crippen MR) is 95.3 cm³/mol. The van der Waals surface area contributed by atoms with Crippen molar-refractivity contribution in [2.45, 2.75) is 32.7 Å². The second kappa shape index (κ2) is 8.26. The van der Waals surface area contributed by atoms with Crippen LogP contribution in [0.1, 0.15) is 26.0 Å². The van der Waals surface area contributed by atoms with Gasteiger partial charge in [-0.25, -0.2) is 9.78 Å². The molecule has 24 heavy (non-hydrogen) atoms. The molecule has 2 N–H and O–H groups in total. The molecule has 1 aromatic carbocycles. The lowest BCUT2D eigenvalue weighted by Crippen LogP contribution is -2.42. The van der Waals surface area contributed by atoms with E-state index in [4.69, 9.17) is 11.6 Å². The quantitative estimate of drug-likeness (QED) is 0.784. The molecule has 5 nitrogen and oxygen atoms in total. The molecular weight excluding hydrogens is 348 g/mol. The number of nitrogens with zero attached hydrogens (tertiary/aromatic N) is 1. The van der Waals surface area contributed by atoms with Crippen molar-refractivity contribution in [1.82, 2.24) is 10.3 Å². The van der Waals surface area contributed by atoms with Crippen LogP contribution in [0.15, 0.2) is 29.6 Å². The lowest BCUT2D eigenvalue weighted by Gasteiger charge is -2.16. The first-order chi connectivity index (χ1) is 11.4. The zero-order valence-corrected chi connectivity index (χ0v) is 15.0. The summed E-state index contributed by atoms with van der Waals surface area (Å²) in [5.41, 5.74) is 1.42. The summed E-state index contributed by atoms with van der Waals surface area (Å²) >= 11 is 7.55. The average Bonchev–Trinajstić information content (AvgIpc) is 2.94. The van der Waals surface area contributed by atoms with Crippen molar-refractivity contribution < 1.29 is 14.7 Å². The van der Waals surface area contributed by atoms with Gasteiger partial charge in [0.1, 0.15) is 11.0 Å². The first-order valence-corrected chi connectivity index (χ1v) is 8.84. The summed E-state index contributed by atoms with van der Waals surface area (Å²) < 4.78 is 0. The summed E-state index contributed by atoms with van der Waals surface area (Å²) in [4.78, 5) is 27.7. The maximum Gasteiger partial charge on any atom is 0.326 e. The molecule has 0 saturated heterocycles. The lowest BCUT2D eigenvalue weighted by atomic mass is 10.0. The highest BCUT2D eigenvalue weighted by molar-refractivity contribution is 7.13. The summed E-state index contributed by atoms with van der Waals surface area (Å²) in [5.74, 6) is -1.19. The molecule has 0 aliphatic carbocycles. The maximum atomic E-state index is 12.1. The third-order valence-electron chi connectivity index (χ3n) is 3.34. The highest BCUT2D eigenvalue weighted by atomic mass is 35.5. The van der Waals surface area contributed by atoms with E-state index in [1.54, 1.807) is 11.4 Å². The fraction of sp³-hybridized carbons (Fsp3) is 0.353. The molecule has 0 bridgehead atoms. The van der Waals surface area contributed by atoms with Crippen molar-refractivity contribution in [2.24, 2.45) is 5.92 Å². The zero-order chi connectivity index (χ0) is 17.7. The van der Waals surface area contributed by atoms with Gasteiger partial charge < -0.3 is 10.4 Å². The molecule has 0 aliphatic rings. The standard InChI is InChI=1S/C17H19ClN2O3S/c1-10(2)7-14(17(22)23)20-15(21)8-11-9-24-16(19-11)12-5-3-4-6-13(12)18/h3-6,9-10,14H,7-8H2,1-2H3,(H,20,21)(H,22,23). The smallest absolute Gasteiger partial charge is 0.326 e. The third-order valence-corrected chi connectivity index (χ3v) is 4.59. The molecule has 1 aromatic heterocycles. The van der Waals surface area contributed by atoms with Gasteiger partial charge in [0.15, 0.2) is 0 Å². The van der Waals surface area contributed by atoms with E-state index in [0.29, 0.717) is 17.1 Å². The Morgan fingerprint density at radius 1 is 1.33 bits per heavy atom. The van der Waals surface area contributed by atoms with Gasteiger partial charge in [0.25, 0.3) is 0 Å². The van der Waals surface area contributed by atoms with Gasteiger partial charge in [-0.1, -0.05) is 43.6 Å². The van der Waals surface area contributed by atoms with Gasteiger partial charge in [0.05, 0.1) is 17.1 Å². The zero-order valence-electron chi connectivity index (χ0n) is 13.5. The van der Waals surface area contributed by atoms with E-state index in [9.17, 15) is 14.7 Å². The molecular formula is C17H19ClN2O3S. The van der Waals surface area contributed by atoms with Gasteiger partial charge >= 0.3 is 5.97 Å². The Morgan fingerprint density at radius 2 is 2.04 bits per heavy atom. The number of carboxylic acids is 1. The number of aliphatic carboxylic acids is 1. The van der Waals surface area contributed by atoms with Crippen molar-refractivity contribution in [3.05, 3.63) is 40.4 Å². The number of carbonyl (C=O) groups excluding carboxylic acids is 1. The molecule has 1 amide bonds. The molecule has 1 unspecified atom stereocenters. The minimum Gasteiger partial charge on any atom is -0.480 e. The molecule has 0 spiro atoms. The summed E-state index contributed by atoms with van der Waals surface area (Å²) in [6.07, 6.45) is 0.436. The van der Waals surface area contributed by atoms with E-state index in [1.807, 2.05) is 32.0 Å². The fourth-order valence-corrected chi connectivity index (χ4v) is 3.39. The Balaban J connectivity index is 2.02. The molecule has 2 aromatic rings. The molecule has 1 heterocycles. The third kappa shape index (κ3) is 5.04. The van der Waals surface area contributed by atoms with E-state index < -0.39 is 12.0 Å². The van der Waals surface area contributed by atoms with Gasteiger partial charge in [0, 0.05) is 10.9 Å². The van der Waals surface area contributed by atoms with Crippen molar-refractivity contribution in [3.8, 4) is 10.6 Å². The summed E-state index contributed by atoms with van der Waals surface area (Å²) in [6, 6.07) is 6.49. The molecule has 2 rings (SSSR count). The number of rotatable bonds is 7. The average molecular weight is 367 g/mol. The van der Waals surface area contributed by atoms with Crippen LogP contribution in [0, 0.1) is 5.92 Å². The van der Waals surface area contributed by atoms with Crippen molar-refractivity contribution in [1.29, 1.82) is 0 Å². The Hall–Kier alpha value is -1.92. The Kier molecular flexibility index (Phi) is 6.34. The fourth-order valence-electron chi connectivity index (χ4n) is 2.25. The Labute approximate surface area is 149 Å². The first kappa shape index (κ1) is 18.4. The predicted octanol–water partition coefficient (Wildman–Crippen LogP) is 3.62. The highest BCUT2D eigenvalue weighted by Crippen LogP contribution is 2.30. The molecule has 1 atom stereocenters. The van der Waals surface area contributed by atoms with Gasteiger partial charge in [-0.3, -0.25) is 4.79 Å². The van der Waals surface area contributed by atoms with Crippen molar-refractivity contribution in [3.63, 3.8) is 0 Å². The molecule has 0 aliphatic heterocycles. The van der Waals surface area contributed by atoms with Gasteiger partial charge in [0.2, 0.25) is 5.91 Å². The molecule has 7 heteroatoms. The highest BCUT2D eigenvalue weighted by Gasteiger charge is 2.21. The second-order valence-electron chi connectivity index (χ2n) is 5.89. The van der Waals surface area contributed by atoms with Crippen molar-refractivity contribution >= 4 is 34.8 Å². The summed E-state index contributed by atoms with van der Waals surface area (Å²) in [6.45, 7) is 3.83. The number of hydrogen-bond acceptors (Lipinski definition) is 4. The SMILES string of the molecule is CC(C)CC(NC(=O)Cc1csc(-c2ccccc2Cl)n1)C(=O)O. The largest absolute Gasteiger partial charge is 0.480 e. The van der Waals surface area contributed by atoms with Crippen LogP contribution in [0.4, 0.5) is 0 Å². The van der Waals surface area contributed by atoms with Crippen LogP contribution in [0.2, 0.25) is 5.02 Å². The maximum absolute atomic E-state index is 12.1. The number of aromatic nitrogens is 1. The number of nitrogens with one attached hydrogen (secondary N) is 1. The summed E-state index contributed by atoms with van der Waals surface area (Å²) in [7, 11) is 0. The molecule has 128 valence electrons. The van der Waals surface area contributed by atoms with Crippen LogP contribution in [-0.2, 0) is 16.0 Å². The number of amides is 1. The molecule has 0 fully saturated rings. The van der Waals surface area contributed by atoms with E-state index in [0.717, 1.165) is 10.6 Å². The van der Waals surface area contributed by atoms with Crippen LogP contribution in [0.25, 0.3) is 10.6 Å². The van der Waals surface area contributed by atoms with Crippen LogP contribution in [-0.4, -0.2) is 28.0 Å². The van der Waals surface area contributed by atoms with Gasteiger partial charge in [-0.05, 0) is 18.4 Å². The van der Waals surface area contributed by atoms with E-state index in [-0.39, 0.29) is 18.2 Å². The van der Waals surface area contributed by atoms with Gasteiger partial charge in [-0.2, -0.15) is 0 Å². The monoisotopic (exact) mass is 366 g/mol. The number of carboxylic acid groups (broad SMARTS) is 1. The summed E-state index contributed by atoms with van der Waals surface area (Å²) in [5, 5.41) is 14.9. The first-order valence-electron chi connectivity index (χ1n) is 7.58.